The minimum absolute atomic E-state index is 0. The van der Waals surface area contributed by atoms with Crippen molar-refractivity contribution in [1.29, 1.82) is 0 Å². The van der Waals surface area contributed by atoms with Gasteiger partial charge in [-0.25, -0.2) is 0 Å². The molecule has 0 spiro atoms. The van der Waals surface area contributed by atoms with Crippen LogP contribution in [0.5, 0.6) is 5.75 Å². The standard InChI is InChI=1S/C17H21N3O4S.ClH/c1-23-7-8-24-13-4-2-3-11(9-14-16(21)19-17(22)25-14)15(13)20-6-5-12(18)10-20;/h2-4,9,12H,5-8,10,18H2,1H3,(H,19,21,22);1H/t12-;/m0./s1. The molecule has 3 N–H and O–H groups in total. The quantitative estimate of drug-likeness (QED) is 0.558. The molecule has 7 nitrogen and oxygen atoms in total. The lowest BCUT2D eigenvalue weighted by Gasteiger charge is -2.24. The molecule has 26 heavy (non-hydrogen) atoms. The summed E-state index contributed by atoms with van der Waals surface area (Å²) >= 11 is 0.905. The van der Waals surface area contributed by atoms with E-state index in [1.54, 1.807) is 13.2 Å². The number of nitrogens with zero attached hydrogens (tertiary/aromatic N) is 1. The van der Waals surface area contributed by atoms with Crippen molar-refractivity contribution in [2.45, 2.75) is 12.5 Å². The molecule has 0 aliphatic carbocycles. The van der Waals surface area contributed by atoms with Crippen LogP contribution in [0.15, 0.2) is 23.1 Å². The van der Waals surface area contributed by atoms with E-state index in [1.165, 1.54) is 0 Å². The van der Waals surface area contributed by atoms with Gasteiger partial charge in [0.05, 0.1) is 17.2 Å². The molecule has 9 heteroatoms. The highest BCUT2D eigenvalue weighted by Gasteiger charge is 2.28. The number of imide groups is 1. The molecule has 142 valence electrons. The second-order valence-corrected chi connectivity index (χ2v) is 6.90. The molecule has 2 saturated heterocycles. The highest BCUT2D eigenvalue weighted by molar-refractivity contribution is 8.18. The van der Waals surface area contributed by atoms with E-state index in [0.29, 0.717) is 18.1 Å². The summed E-state index contributed by atoms with van der Waals surface area (Å²) in [5.74, 6) is 0.347. The Balaban J connectivity index is 0.00000243. The minimum Gasteiger partial charge on any atom is -0.489 e. The first-order valence-electron chi connectivity index (χ1n) is 8.08. The minimum atomic E-state index is -0.371. The summed E-state index contributed by atoms with van der Waals surface area (Å²) < 4.78 is 10.9. The lowest BCUT2D eigenvalue weighted by atomic mass is 10.1. The number of halogens is 1. The predicted molar refractivity (Wildman–Crippen MR) is 105 cm³/mol. The monoisotopic (exact) mass is 399 g/mol. The van der Waals surface area contributed by atoms with Gasteiger partial charge in [-0.2, -0.15) is 0 Å². The molecule has 0 aromatic heterocycles. The van der Waals surface area contributed by atoms with Crippen LogP contribution in [0.25, 0.3) is 6.08 Å². The Hall–Kier alpha value is -1.74. The van der Waals surface area contributed by atoms with E-state index < -0.39 is 0 Å². The SMILES string of the molecule is COCCOc1cccc(C=C2SC(=O)NC2=O)c1N1CC[C@H](N)C1.Cl. The lowest BCUT2D eigenvalue weighted by molar-refractivity contribution is -0.115. The highest BCUT2D eigenvalue weighted by Crippen LogP contribution is 2.37. The van der Waals surface area contributed by atoms with E-state index in [-0.39, 0.29) is 29.6 Å². The summed E-state index contributed by atoms with van der Waals surface area (Å²) in [5, 5.41) is 1.92. The highest BCUT2D eigenvalue weighted by atomic mass is 35.5. The third-order valence-corrected chi connectivity index (χ3v) is 4.86. The fraction of sp³-hybridized carbons (Fsp3) is 0.412. The summed E-state index contributed by atoms with van der Waals surface area (Å²) in [4.78, 5) is 25.8. The number of anilines is 1. The number of carbonyl (C=O) groups excluding carboxylic acids is 2. The van der Waals surface area contributed by atoms with Crippen LogP contribution in [0, 0.1) is 0 Å². The van der Waals surface area contributed by atoms with Gasteiger partial charge in [-0.3, -0.25) is 14.9 Å². The smallest absolute Gasteiger partial charge is 0.290 e. The zero-order chi connectivity index (χ0) is 17.8. The van der Waals surface area contributed by atoms with Crippen molar-refractivity contribution in [1.82, 2.24) is 5.32 Å². The van der Waals surface area contributed by atoms with E-state index in [2.05, 4.69) is 10.2 Å². The maximum atomic E-state index is 11.9. The predicted octanol–water partition coefficient (Wildman–Crippen LogP) is 1.99. The van der Waals surface area contributed by atoms with Crippen molar-refractivity contribution in [2.75, 3.05) is 38.3 Å². The molecule has 2 aliphatic rings. The number of nitrogens with one attached hydrogen (secondary N) is 1. The summed E-state index contributed by atoms with van der Waals surface area (Å²) in [5.41, 5.74) is 7.78. The fourth-order valence-corrected chi connectivity index (χ4v) is 3.57. The number of thioether (sulfide) groups is 1. The van der Waals surface area contributed by atoms with Gasteiger partial charge in [0, 0.05) is 31.8 Å². The van der Waals surface area contributed by atoms with Gasteiger partial charge in [0.1, 0.15) is 12.4 Å². The molecule has 1 atom stereocenters. The van der Waals surface area contributed by atoms with Crippen molar-refractivity contribution in [2.24, 2.45) is 5.73 Å². The maximum Gasteiger partial charge on any atom is 0.290 e. The molecule has 0 radical (unpaired) electrons. The Morgan fingerprint density at radius 1 is 1.38 bits per heavy atom. The van der Waals surface area contributed by atoms with Gasteiger partial charge in [0.15, 0.2) is 0 Å². The van der Waals surface area contributed by atoms with Gasteiger partial charge in [-0.15, -0.1) is 12.4 Å². The molecule has 1 aromatic carbocycles. The second-order valence-electron chi connectivity index (χ2n) is 5.88. The van der Waals surface area contributed by atoms with E-state index in [9.17, 15) is 9.59 Å². The van der Waals surface area contributed by atoms with E-state index in [1.807, 2.05) is 18.2 Å². The average Bonchev–Trinajstić information content (AvgIpc) is 3.13. The largest absolute Gasteiger partial charge is 0.489 e. The van der Waals surface area contributed by atoms with E-state index in [0.717, 1.165) is 48.3 Å². The second kappa shape index (κ2) is 9.27. The third-order valence-electron chi connectivity index (χ3n) is 4.04. The van der Waals surface area contributed by atoms with Crippen molar-refractivity contribution in [3.63, 3.8) is 0 Å². The number of para-hydroxylation sites is 1. The summed E-state index contributed by atoms with van der Waals surface area (Å²) in [7, 11) is 1.62. The third kappa shape index (κ3) is 4.70. The van der Waals surface area contributed by atoms with Crippen LogP contribution in [0.2, 0.25) is 0 Å². The Morgan fingerprint density at radius 2 is 2.19 bits per heavy atom. The van der Waals surface area contributed by atoms with Gasteiger partial charge in [-0.05, 0) is 30.3 Å². The van der Waals surface area contributed by atoms with Crippen LogP contribution in [0.1, 0.15) is 12.0 Å². The number of benzene rings is 1. The van der Waals surface area contributed by atoms with Crippen molar-refractivity contribution < 1.29 is 19.1 Å². The zero-order valence-electron chi connectivity index (χ0n) is 14.4. The number of amides is 2. The van der Waals surface area contributed by atoms with E-state index >= 15 is 0 Å². The summed E-state index contributed by atoms with van der Waals surface area (Å²) in [6.45, 7) is 2.45. The molecule has 0 saturated carbocycles. The normalized spacial score (nSPS) is 21.1. The molecule has 2 fully saturated rings. The van der Waals surface area contributed by atoms with Gasteiger partial charge >= 0.3 is 0 Å². The van der Waals surface area contributed by atoms with Crippen molar-refractivity contribution >= 4 is 47.1 Å². The molecule has 0 unspecified atom stereocenters. The van der Waals surface area contributed by atoms with Gasteiger partial charge in [-0.1, -0.05) is 12.1 Å². The molecular formula is C17H22ClN3O4S. The molecule has 2 amide bonds. The molecular weight excluding hydrogens is 378 g/mol. The van der Waals surface area contributed by atoms with E-state index in [4.69, 9.17) is 15.2 Å². The average molecular weight is 400 g/mol. The van der Waals surface area contributed by atoms with Gasteiger partial charge in [0.2, 0.25) is 0 Å². The Labute approximate surface area is 162 Å². The number of nitrogens with two attached hydrogens (primary N) is 1. The van der Waals surface area contributed by atoms with Crippen LogP contribution < -0.4 is 20.7 Å². The number of rotatable bonds is 6. The van der Waals surface area contributed by atoms with Crippen LogP contribution in [-0.2, 0) is 9.53 Å². The Morgan fingerprint density at radius 3 is 2.81 bits per heavy atom. The van der Waals surface area contributed by atoms with Crippen molar-refractivity contribution in [3.8, 4) is 5.75 Å². The first kappa shape index (κ1) is 20.6. The molecule has 1 aromatic rings. The molecule has 0 bridgehead atoms. The first-order valence-corrected chi connectivity index (χ1v) is 8.90. The maximum absolute atomic E-state index is 11.9. The van der Waals surface area contributed by atoms with Gasteiger partial charge in [0.25, 0.3) is 11.1 Å². The Kier molecular flexibility index (Phi) is 7.33. The van der Waals surface area contributed by atoms with Crippen LogP contribution >= 0.6 is 24.2 Å². The number of carbonyl (C=O) groups is 2. The van der Waals surface area contributed by atoms with Crippen molar-refractivity contribution in [3.05, 3.63) is 28.7 Å². The zero-order valence-corrected chi connectivity index (χ0v) is 16.0. The number of ether oxygens (including phenoxy) is 2. The summed E-state index contributed by atoms with van der Waals surface area (Å²) in [6, 6.07) is 5.78. The van der Waals surface area contributed by atoms with Gasteiger partial charge < -0.3 is 20.1 Å². The fourth-order valence-electron chi connectivity index (χ4n) is 2.90. The Bertz CT molecular complexity index is 713. The lowest BCUT2D eigenvalue weighted by Crippen LogP contribution is -2.27. The number of methoxy groups -OCH3 is 1. The van der Waals surface area contributed by atoms with Crippen LogP contribution in [0.4, 0.5) is 10.5 Å². The first-order chi connectivity index (χ1) is 12.1. The van der Waals surface area contributed by atoms with Crippen LogP contribution in [-0.4, -0.2) is 50.6 Å². The summed E-state index contributed by atoms with van der Waals surface area (Å²) in [6.07, 6.45) is 2.63. The number of hydrogen-bond donors (Lipinski definition) is 2. The number of hydrogen-bond acceptors (Lipinski definition) is 7. The molecule has 2 heterocycles. The van der Waals surface area contributed by atoms with Crippen LogP contribution in [0.3, 0.4) is 0 Å². The molecule has 3 rings (SSSR count). The molecule has 2 aliphatic heterocycles. The topological polar surface area (TPSA) is 93.9 Å².